The molecule has 5 heteroatoms. The van der Waals surface area contributed by atoms with Crippen molar-refractivity contribution in [3.05, 3.63) is 23.3 Å². The standard InChI is InChI=1S/C21H32O5/c1-4-23-20(22)15(2)11-18-13-17-12-16(14-21(17,3)26-18)8-10-25-19-7-5-6-9-24-19/h8,11,17-19H,4-7,9-10,12-14H2,1-3H3/b15-11+,16-8+/t17-,18+,19?,21-/m0/s1. The van der Waals surface area contributed by atoms with E-state index < -0.39 is 0 Å². The third-order valence-electron chi connectivity index (χ3n) is 5.71. The van der Waals surface area contributed by atoms with E-state index >= 15 is 0 Å². The fourth-order valence-corrected chi connectivity index (χ4v) is 4.31. The van der Waals surface area contributed by atoms with Crippen LogP contribution in [0.1, 0.15) is 59.3 Å². The number of esters is 1. The highest BCUT2D eigenvalue weighted by Gasteiger charge is 2.49. The summed E-state index contributed by atoms with van der Waals surface area (Å²) in [5.41, 5.74) is 1.92. The Bertz CT molecular complexity index is 561. The number of hydrogen-bond acceptors (Lipinski definition) is 5. The largest absolute Gasteiger partial charge is 0.463 e. The molecular weight excluding hydrogens is 332 g/mol. The third kappa shape index (κ3) is 4.76. The fraction of sp³-hybridized carbons (Fsp3) is 0.762. The van der Waals surface area contributed by atoms with Gasteiger partial charge in [0.05, 0.1) is 24.9 Å². The van der Waals surface area contributed by atoms with Crippen LogP contribution in [0.4, 0.5) is 0 Å². The van der Waals surface area contributed by atoms with Crippen molar-refractivity contribution in [2.75, 3.05) is 19.8 Å². The van der Waals surface area contributed by atoms with Gasteiger partial charge < -0.3 is 18.9 Å². The number of hydrogen-bond donors (Lipinski definition) is 0. The molecule has 0 radical (unpaired) electrons. The van der Waals surface area contributed by atoms with E-state index in [1.165, 1.54) is 12.0 Å². The van der Waals surface area contributed by atoms with E-state index in [9.17, 15) is 4.79 Å². The van der Waals surface area contributed by atoms with Crippen LogP contribution in [0, 0.1) is 5.92 Å². The zero-order valence-electron chi connectivity index (χ0n) is 16.3. The van der Waals surface area contributed by atoms with E-state index in [0.717, 1.165) is 38.7 Å². The zero-order valence-corrected chi connectivity index (χ0v) is 16.3. The van der Waals surface area contributed by atoms with E-state index in [1.54, 1.807) is 6.92 Å². The smallest absolute Gasteiger partial charge is 0.333 e. The molecule has 146 valence electrons. The van der Waals surface area contributed by atoms with Crippen molar-refractivity contribution in [3.8, 4) is 0 Å². The number of carbonyl (C=O) groups excluding carboxylic acids is 1. The van der Waals surface area contributed by atoms with Crippen molar-refractivity contribution < 1.29 is 23.7 Å². The SMILES string of the molecule is CCOC(=O)/C(C)=C/[C@@H]1C[C@@H]2C/C(=C\COC3CCCCO3)C[C@]2(C)O1. The van der Waals surface area contributed by atoms with Crippen LogP contribution in [-0.4, -0.2) is 43.8 Å². The van der Waals surface area contributed by atoms with Crippen LogP contribution < -0.4 is 0 Å². The van der Waals surface area contributed by atoms with E-state index in [1.807, 2.05) is 13.0 Å². The molecule has 5 nitrogen and oxygen atoms in total. The molecule has 2 aliphatic heterocycles. The molecule has 2 saturated heterocycles. The molecule has 1 aliphatic carbocycles. The minimum absolute atomic E-state index is 0.00263. The Morgan fingerprint density at radius 3 is 2.92 bits per heavy atom. The second-order valence-corrected chi connectivity index (χ2v) is 7.84. The Hall–Kier alpha value is -1.17. The van der Waals surface area contributed by atoms with E-state index in [-0.39, 0.29) is 24.0 Å². The van der Waals surface area contributed by atoms with E-state index in [0.29, 0.717) is 24.7 Å². The maximum atomic E-state index is 11.8. The van der Waals surface area contributed by atoms with Crippen LogP contribution in [0.2, 0.25) is 0 Å². The fourth-order valence-electron chi connectivity index (χ4n) is 4.31. The highest BCUT2D eigenvalue weighted by molar-refractivity contribution is 5.87. The maximum absolute atomic E-state index is 11.8. The highest BCUT2D eigenvalue weighted by atomic mass is 16.7. The van der Waals surface area contributed by atoms with Gasteiger partial charge in [-0.15, -0.1) is 0 Å². The average molecular weight is 364 g/mol. The lowest BCUT2D eigenvalue weighted by molar-refractivity contribution is -0.155. The first-order valence-electron chi connectivity index (χ1n) is 9.94. The molecule has 1 saturated carbocycles. The summed E-state index contributed by atoms with van der Waals surface area (Å²) in [4.78, 5) is 11.8. The molecule has 0 amide bonds. The van der Waals surface area contributed by atoms with Gasteiger partial charge in [-0.1, -0.05) is 11.6 Å². The Balaban J connectivity index is 1.49. The summed E-state index contributed by atoms with van der Waals surface area (Å²) >= 11 is 0. The number of carbonyl (C=O) groups is 1. The molecule has 0 N–H and O–H groups in total. The molecule has 2 heterocycles. The quantitative estimate of drug-likeness (QED) is 0.406. The second kappa shape index (κ2) is 8.68. The van der Waals surface area contributed by atoms with Crippen LogP contribution in [0.25, 0.3) is 0 Å². The molecule has 0 bridgehead atoms. The Kier molecular flexibility index (Phi) is 6.54. The summed E-state index contributed by atoms with van der Waals surface area (Å²) < 4.78 is 22.8. The van der Waals surface area contributed by atoms with Gasteiger partial charge in [0.15, 0.2) is 6.29 Å². The molecule has 3 fully saturated rings. The average Bonchev–Trinajstić information content (AvgIpc) is 3.06. The zero-order chi connectivity index (χ0) is 18.6. The highest BCUT2D eigenvalue weighted by Crippen LogP contribution is 2.50. The number of fused-ring (bicyclic) bond motifs is 1. The monoisotopic (exact) mass is 364 g/mol. The normalized spacial score (nSPS) is 36.3. The molecule has 0 aromatic carbocycles. The van der Waals surface area contributed by atoms with Crippen LogP contribution in [0.15, 0.2) is 23.3 Å². The summed E-state index contributed by atoms with van der Waals surface area (Å²) in [6.07, 6.45) is 10.4. The summed E-state index contributed by atoms with van der Waals surface area (Å²) in [6.45, 7) is 7.65. The molecule has 3 aliphatic rings. The van der Waals surface area contributed by atoms with Gasteiger partial charge in [-0.25, -0.2) is 4.79 Å². The predicted molar refractivity (Wildman–Crippen MR) is 98.6 cm³/mol. The van der Waals surface area contributed by atoms with Gasteiger partial charge in [0, 0.05) is 12.2 Å². The first-order valence-corrected chi connectivity index (χ1v) is 9.94. The van der Waals surface area contributed by atoms with Gasteiger partial charge in [0.1, 0.15) is 0 Å². The second-order valence-electron chi connectivity index (χ2n) is 7.84. The van der Waals surface area contributed by atoms with Gasteiger partial charge in [-0.2, -0.15) is 0 Å². The number of rotatable bonds is 6. The predicted octanol–water partition coefficient (Wildman–Crippen LogP) is 3.92. The topological polar surface area (TPSA) is 54.0 Å². The molecule has 26 heavy (non-hydrogen) atoms. The van der Waals surface area contributed by atoms with Crippen LogP contribution in [0.5, 0.6) is 0 Å². The van der Waals surface area contributed by atoms with Crippen LogP contribution in [0.3, 0.4) is 0 Å². The molecular formula is C21H32O5. The molecule has 3 rings (SSSR count). The first-order chi connectivity index (χ1) is 12.5. The van der Waals surface area contributed by atoms with Gasteiger partial charge >= 0.3 is 5.97 Å². The lowest BCUT2D eigenvalue weighted by atomic mass is 9.92. The van der Waals surface area contributed by atoms with Crippen LogP contribution in [-0.2, 0) is 23.7 Å². The Morgan fingerprint density at radius 1 is 1.38 bits per heavy atom. The van der Waals surface area contributed by atoms with Gasteiger partial charge in [-0.3, -0.25) is 0 Å². The van der Waals surface area contributed by atoms with Crippen molar-refractivity contribution in [3.63, 3.8) is 0 Å². The summed E-state index contributed by atoms with van der Waals surface area (Å²) in [5, 5.41) is 0. The van der Waals surface area contributed by atoms with Crippen molar-refractivity contribution in [2.24, 2.45) is 5.92 Å². The van der Waals surface area contributed by atoms with Crippen molar-refractivity contribution in [1.82, 2.24) is 0 Å². The summed E-state index contributed by atoms with van der Waals surface area (Å²) in [5.74, 6) is 0.247. The third-order valence-corrected chi connectivity index (χ3v) is 5.71. The lowest BCUT2D eigenvalue weighted by Crippen LogP contribution is -2.26. The van der Waals surface area contributed by atoms with Crippen molar-refractivity contribution in [2.45, 2.75) is 77.3 Å². The van der Waals surface area contributed by atoms with Crippen LogP contribution >= 0.6 is 0 Å². The Morgan fingerprint density at radius 2 is 2.23 bits per heavy atom. The number of ether oxygens (including phenoxy) is 4. The molecule has 0 aromatic heterocycles. The van der Waals surface area contributed by atoms with Gasteiger partial charge in [0.2, 0.25) is 0 Å². The lowest BCUT2D eigenvalue weighted by Gasteiger charge is -2.23. The molecule has 1 unspecified atom stereocenters. The maximum Gasteiger partial charge on any atom is 0.333 e. The summed E-state index contributed by atoms with van der Waals surface area (Å²) in [7, 11) is 0. The molecule has 0 spiro atoms. The van der Waals surface area contributed by atoms with E-state index in [4.69, 9.17) is 18.9 Å². The molecule has 0 aromatic rings. The van der Waals surface area contributed by atoms with E-state index in [2.05, 4.69) is 13.0 Å². The van der Waals surface area contributed by atoms with Crippen molar-refractivity contribution in [1.29, 1.82) is 0 Å². The minimum atomic E-state index is -0.249. The van der Waals surface area contributed by atoms with Crippen molar-refractivity contribution >= 4 is 5.97 Å². The first kappa shape index (κ1) is 19.6. The van der Waals surface area contributed by atoms with Gasteiger partial charge in [-0.05, 0) is 71.3 Å². The Labute approximate surface area is 156 Å². The molecule has 4 atom stereocenters. The summed E-state index contributed by atoms with van der Waals surface area (Å²) in [6, 6.07) is 0. The van der Waals surface area contributed by atoms with Gasteiger partial charge in [0.25, 0.3) is 0 Å². The minimum Gasteiger partial charge on any atom is -0.463 e.